The van der Waals surface area contributed by atoms with E-state index in [2.05, 4.69) is 5.32 Å². The molecule has 0 fully saturated rings. The van der Waals surface area contributed by atoms with Crippen LogP contribution >= 0.6 is 0 Å². The smallest absolute Gasteiger partial charge is 0.352 e. The second-order valence-corrected chi connectivity index (χ2v) is 3.15. The minimum atomic E-state index is -1.27. The molecule has 0 heterocycles. The summed E-state index contributed by atoms with van der Waals surface area (Å²) in [6, 6.07) is 0. The van der Waals surface area contributed by atoms with Gasteiger partial charge in [-0.1, -0.05) is 13.0 Å². The molecular formula is C10H15NO5. The van der Waals surface area contributed by atoms with E-state index in [1.807, 2.05) is 0 Å². The highest BCUT2D eigenvalue weighted by atomic mass is 16.4. The van der Waals surface area contributed by atoms with Gasteiger partial charge < -0.3 is 15.5 Å². The molecule has 0 aromatic carbocycles. The first-order valence-corrected chi connectivity index (χ1v) is 4.92. The Kier molecular flexibility index (Phi) is 6.58. The number of amides is 1. The molecule has 90 valence electrons. The minimum Gasteiger partial charge on any atom is -0.481 e. The van der Waals surface area contributed by atoms with Crippen molar-refractivity contribution in [1.82, 2.24) is 5.32 Å². The van der Waals surface area contributed by atoms with Gasteiger partial charge >= 0.3 is 11.9 Å². The molecule has 6 heteroatoms. The summed E-state index contributed by atoms with van der Waals surface area (Å²) in [4.78, 5) is 32.0. The lowest BCUT2D eigenvalue weighted by atomic mass is 10.2. The van der Waals surface area contributed by atoms with Gasteiger partial charge in [0.15, 0.2) is 0 Å². The van der Waals surface area contributed by atoms with Crippen LogP contribution in [-0.2, 0) is 14.4 Å². The third-order valence-corrected chi connectivity index (χ3v) is 1.69. The topological polar surface area (TPSA) is 104 Å². The maximum atomic E-state index is 11.1. The molecule has 0 unspecified atom stereocenters. The third-order valence-electron chi connectivity index (χ3n) is 1.69. The van der Waals surface area contributed by atoms with E-state index in [1.54, 1.807) is 6.92 Å². The largest absolute Gasteiger partial charge is 0.481 e. The van der Waals surface area contributed by atoms with Gasteiger partial charge in [-0.2, -0.15) is 0 Å². The second-order valence-electron chi connectivity index (χ2n) is 3.15. The van der Waals surface area contributed by atoms with E-state index in [0.29, 0.717) is 6.42 Å². The zero-order valence-electron chi connectivity index (χ0n) is 9.02. The maximum absolute atomic E-state index is 11.1. The van der Waals surface area contributed by atoms with Gasteiger partial charge in [0.05, 0.1) is 0 Å². The number of hydrogen-bond acceptors (Lipinski definition) is 3. The number of carbonyl (C=O) groups is 3. The Morgan fingerprint density at radius 3 is 2.25 bits per heavy atom. The van der Waals surface area contributed by atoms with Crippen LogP contribution < -0.4 is 5.32 Å². The number of carboxylic acids is 2. The van der Waals surface area contributed by atoms with E-state index in [-0.39, 0.29) is 30.9 Å². The normalized spacial score (nSPS) is 10.9. The van der Waals surface area contributed by atoms with Gasteiger partial charge in [0, 0.05) is 12.8 Å². The Labute approximate surface area is 93.0 Å². The van der Waals surface area contributed by atoms with Gasteiger partial charge in [0.1, 0.15) is 5.70 Å². The predicted octanol–water partition coefficient (Wildman–Crippen LogP) is 0.736. The maximum Gasteiger partial charge on any atom is 0.352 e. The fourth-order valence-electron chi connectivity index (χ4n) is 0.972. The molecule has 0 aromatic rings. The van der Waals surface area contributed by atoms with Gasteiger partial charge in [-0.3, -0.25) is 9.59 Å². The van der Waals surface area contributed by atoms with Crippen molar-refractivity contribution < 1.29 is 24.6 Å². The Bertz CT molecular complexity index is 308. The third kappa shape index (κ3) is 6.58. The van der Waals surface area contributed by atoms with Crippen LogP contribution in [-0.4, -0.2) is 28.1 Å². The first-order chi connectivity index (χ1) is 7.47. The van der Waals surface area contributed by atoms with E-state index in [0.717, 1.165) is 0 Å². The van der Waals surface area contributed by atoms with E-state index in [4.69, 9.17) is 10.2 Å². The van der Waals surface area contributed by atoms with Crippen molar-refractivity contribution in [2.45, 2.75) is 32.6 Å². The molecule has 0 radical (unpaired) electrons. The van der Waals surface area contributed by atoms with Crippen molar-refractivity contribution in [3.63, 3.8) is 0 Å². The second kappa shape index (κ2) is 7.44. The molecule has 3 N–H and O–H groups in total. The summed E-state index contributed by atoms with van der Waals surface area (Å²) in [7, 11) is 0. The SMILES string of the molecule is CCCC(=O)N/C(=C\CCC(=O)O)C(=O)O. The van der Waals surface area contributed by atoms with Crippen LogP contribution in [0.4, 0.5) is 0 Å². The number of hydrogen-bond donors (Lipinski definition) is 3. The summed E-state index contributed by atoms with van der Waals surface area (Å²) in [6.07, 6.45) is 1.96. The molecule has 0 atom stereocenters. The summed E-state index contributed by atoms with van der Waals surface area (Å²) in [5, 5.41) is 19.3. The molecule has 0 saturated carbocycles. The summed E-state index contributed by atoms with van der Waals surface area (Å²) < 4.78 is 0. The van der Waals surface area contributed by atoms with Gasteiger partial charge in [0.2, 0.25) is 5.91 Å². The standard InChI is InChI=1S/C10H15NO5/c1-2-4-8(12)11-7(10(15)16)5-3-6-9(13)14/h5H,2-4,6H2,1H3,(H,11,12)(H,13,14)(H,15,16)/b7-5-. The summed E-state index contributed by atoms with van der Waals surface area (Å²) >= 11 is 0. The van der Waals surface area contributed by atoms with Crippen molar-refractivity contribution in [3.8, 4) is 0 Å². The number of aliphatic carboxylic acids is 2. The van der Waals surface area contributed by atoms with Crippen LogP contribution in [0.1, 0.15) is 32.6 Å². The van der Waals surface area contributed by atoms with Gasteiger partial charge in [-0.15, -0.1) is 0 Å². The highest BCUT2D eigenvalue weighted by molar-refractivity contribution is 5.92. The predicted molar refractivity (Wildman–Crippen MR) is 55.6 cm³/mol. The summed E-state index contributed by atoms with van der Waals surface area (Å²) in [5.74, 6) is -2.66. The lowest BCUT2D eigenvalue weighted by Crippen LogP contribution is -2.26. The van der Waals surface area contributed by atoms with E-state index < -0.39 is 11.9 Å². The first-order valence-electron chi connectivity index (χ1n) is 4.92. The van der Waals surface area contributed by atoms with Crippen molar-refractivity contribution >= 4 is 17.8 Å². The lowest BCUT2D eigenvalue weighted by Gasteiger charge is -2.04. The van der Waals surface area contributed by atoms with Crippen LogP contribution in [0.2, 0.25) is 0 Å². The average molecular weight is 229 g/mol. The molecule has 0 aromatic heterocycles. The van der Waals surface area contributed by atoms with Crippen molar-refractivity contribution in [2.24, 2.45) is 0 Å². The van der Waals surface area contributed by atoms with Crippen LogP contribution in [0.25, 0.3) is 0 Å². The Balaban J connectivity index is 4.32. The van der Waals surface area contributed by atoms with Crippen LogP contribution in [0.3, 0.4) is 0 Å². The molecule has 0 saturated heterocycles. The Morgan fingerprint density at radius 2 is 1.81 bits per heavy atom. The first kappa shape index (κ1) is 14.2. The van der Waals surface area contributed by atoms with E-state index in [9.17, 15) is 14.4 Å². The molecule has 0 aliphatic heterocycles. The number of nitrogens with one attached hydrogen (secondary N) is 1. The molecule has 0 aliphatic rings. The fourth-order valence-corrected chi connectivity index (χ4v) is 0.972. The average Bonchev–Trinajstić information content (AvgIpc) is 2.15. The molecule has 0 aliphatic carbocycles. The van der Waals surface area contributed by atoms with Gasteiger partial charge in [-0.05, 0) is 12.8 Å². The number of carbonyl (C=O) groups excluding carboxylic acids is 1. The monoisotopic (exact) mass is 229 g/mol. The highest BCUT2D eigenvalue weighted by Crippen LogP contribution is 1.98. The fraction of sp³-hybridized carbons (Fsp3) is 0.500. The van der Waals surface area contributed by atoms with Gasteiger partial charge in [0.25, 0.3) is 0 Å². The molecule has 6 nitrogen and oxygen atoms in total. The highest BCUT2D eigenvalue weighted by Gasteiger charge is 2.10. The van der Waals surface area contributed by atoms with Crippen LogP contribution in [0, 0.1) is 0 Å². The molecule has 0 bridgehead atoms. The molecule has 0 spiro atoms. The van der Waals surface area contributed by atoms with Crippen molar-refractivity contribution in [2.75, 3.05) is 0 Å². The molecular weight excluding hydrogens is 214 g/mol. The minimum absolute atomic E-state index is 0.0728. The van der Waals surface area contributed by atoms with Crippen molar-refractivity contribution in [3.05, 3.63) is 11.8 Å². The number of rotatable bonds is 7. The van der Waals surface area contributed by atoms with E-state index >= 15 is 0 Å². The summed E-state index contributed by atoms with van der Waals surface area (Å²) in [5.41, 5.74) is -0.264. The van der Waals surface area contributed by atoms with E-state index in [1.165, 1.54) is 6.08 Å². The summed E-state index contributed by atoms with van der Waals surface area (Å²) in [6.45, 7) is 1.80. The quantitative estimate of drug-likeness (QED) is 0.558. The molecule has 0 rings (SSSR count). The van der Waals surface area contributed by atoms with Crippen molar-refractivity contribution in [1.29, 1.82) is 0 Å². The number of carboxylic acid groups (broad SMARTS) is 2. The van der Waals surface area contributed by atoms with Crippen LogP contribution in [0.15, 0.2) is 11.8 Å². The Hall–Kier alpha value is -1.85. The van der Waals surface area contributed by atoms with Crippen LogP contribution in [0.5, 0.6) is 0 Å². The zero-order valence-corrected chi connectivity index (χ0v) is 9.02. The number of allylic oxidation sites excluding steroid dienone is 1. The lowest BCUT2D eigenvalue weighted by molar-refractivity contribution is -0.137. The zero-order chi connectivity index (χ0) is 12.6. The van der Waals surface area contributed by atoms with Gasteiger partial charge in [-0.25, -0.2) is 4.79 Å². The Morgan fingerprint density at radius 1 is 1.19 bits per heavy atom. The molecule has 16 heavy (non-hydrogen) atoms. The molecule has 1 amide bonds.